The summed E-state index contributed by atoms with van der Waals surface area (Å²) in [6.45, 7) is 0. The number of para-hydroxylation sites is 1. The van der Waals surface area contributed by atoms with Crippen LogP contribution in [0.4, 0.5) is 19.0 Å². The highest BCUT2D eigenvalue weighted by molar-refractivity contribution is 5.90. The van der Waals surface area contributed by atoms with Crippen molar-refractivity contribution in [2.75, 3.05) is 5.48 Å². The molecule has 0 spiro atoms. The topological polar surface area (TPSA) is 67.2 Å². The number of aromatic nitrogens is 2. The molecule has 2 N–H and O–H groups in total. The molecule has 0 fully saturated rings. The molecule has 0 aliphatic rings. The summed E-state index contributed by atoms with van der Waals surface area (Å²) in [5.41, 5.74) is 0.400. The van der Waals surface area contributed by atoms with Crippen molar-refractivity contribution >= 4 is 16.7 Å². The Morgan fingerprint density at radius 3 is 2.39 bits per heavy atom. The van der Waals surface area contributed by atoms with Crippen molar-refractivity contribution in [2.45, 2.75) is 6.18 Å². The minimum atomic E-state index is -4.55. The first kappa shape index (κ1) is 15.0. The average Bonchev–Trinajstić information content (AvgIpc) is 2.53. The van der Waals surface area contributed by atoms with Gasteiger partial charge in [-0.05, 0) is 30.3 Å². The highest BCUT2D eigenvalue weighted by Crippen LogP contribution is 2.32. The minimum absolute atomic E-state index is 0.0115. The molecule has 0 saturated carbocycles. The average molecular weight is 321 g/mol. The molecule has 1 aromatic heterocycles. The maximum absolute atomic E-state index is 13.0. The normalized spacial score (nSPS) is 11.7. The summed E-state index contributed by atoms with van der Waals surface area (Å²) < 4.78 is 40.0. The second-order valence-corrected chi connectivity index (χ2v) is 4.76. The van der Waals surface area contributed by atoms with Gasteiger partial charge in [0.25, 0.3) is 0 Å². The Kier molecular flexibility index (Phi) is 3.53. The number of alkyl halides is 3. The minimum Gasteiger partial charge on any atom is -0.290 e. The van der Waals surface area contributed by atoms with Crippen molar-refractivity contribution in [3.8, 4) is 5.69 Å². The van der Waals surface area contributed by atoms with Crippen LogP contribution in [0.15, 0.2) is 53.3 Å². The van der Waals surface area contributed by atoms with Crippen molar-refractivity contribution in [2.24, 2.45) is 0 Å². The van der Waals surface area contributed by atoms with Crippen LogP contribution >= 0.6 is 0 Å². The van der Waals surface area contributed by atoms with E-state index in [1.54, 1.807) is 35.8 Å². The van der Waals surface area contributed by atoms with Crippen molar-refractivity contribution in [3.05, 3.63) is 64.6 Å². The standard InChI is InChI=1S/C15H10F3N3O2/c16-15(17,18)9-6-7-11-12(8-9)21(10-4-2-1-3-5-10)14(22)19-13(11)20-23/h1-8,23H,(H,19,20,22). The monoisotopic (exact) mass is 321 g/mol. The highest BCUT2D eigenvalue weighted by atomic mass is 19.4. The molecule has 0 radical (unpaired) electrons. The van der Waals surface area contributed by atoms with Crippen LogP contribution in [0.3, 0.4) is 0 Å². The van der Waals surface area contributed by atoms with E-state index in [-0.39, 0.29) is 16.7 Å². The first-order valence-electron chi connectivity index (χ1n) is 6.51. The molecular weight excluding hydrogens is 311 g/mol. The molecule has 0 unspecified atom stereocenters. The van der Waals surface area contributed by atoms with Gasteiger partial charge in [-0.2, -0.15) is 18.2 Å². The van der Waals surface area contributed by atoms with E-state index in [1.165, 1.54) is 0 Å². The summed E-state index contributed by atoms with van der Waals surface area (Å²) in [6, 6.07) is 11.1. The predicted molar refractivity (Wildman–Crippen MR) is 77.8 cm³/mol. The zero-order valence-corrected chi connectivity index (χ0v) is 11.5. The van der Waals surface area contributed by atoms with Crippen LogP contribution in [0.25, 0.3) is 16.6 Å². The molecule has 0 saturated heterocycles. The Balaban J connectivity index is 2.43. The van der Waals surface area contributed by atoms with Crippen LogP contribution < -0.4 is 11.2 Å². The zero-order valence-electron chi connectivity index (χ0n) is 11.5. The van der Waals surface area contributed by atoms with Gasteiger partial charge in [-0.25, -0.2) is 4.79 Å². The van der Waals surface area contributed by atoms with E-state index < -0.39 is 17.4 Å². The number of fused-ring (bicyclic) bond motifs is 1. The Hall–Kier alpha value is -2.87. The number of nitrogens with zero attached hydrogens (tertiary/aromatic N) is 2. The van der Waals surface area contributed by atoms with E-state index in [2.05, 4.69) is 4.98 Å². The van der Waals surface area contributed by atoms with Gasteiger partial charge in [0.15, 0.2) is 5.82 Å². The lowest BCUT2D eigenvalue weighted by molar-refractivity contribution is -0.137. The molecule has 5 nitrogen and oxygen atoms in total. The van der Waals surface area contributed by atoms with Crippen molar-refractivity contribution in [3.63, 3.8) is 0 Å². The lowest BCUT2D eigenvalue weighted by Gasteiger charge is -2.14. The van der Waals surface area contributed by atoms with Gasteiger partial charge < -0.3 is 0 Å². The third-order valence-corrected chi connectivity index (χ3v) is 3.34. The van der Waals surface area contributed by atoms with Gasteiger partial charge in [-0.15, -0.1) is 0 Å². The number of hydrogen-bond acceptors (Lipinski definition) is 4. The number of rotatable bonds is 2. The predicted octanol–water partition coefficient (Wildman–Crippen LogP) is 3.21. The molecule has 1 heterocycles. The largest absolute Gasteiger partial charge is 0.416 e. The van der Waals surface area contributed by atoms with Crippen LogP contribution in [0.2, 0.25) is 0 Å². The maximum atomic E-state index is 13.0. The van der Waals surface area contributed by atoms with Gasteiger partial charge in [-0.1, -0.05) is 18.2 Å². The quantitative estimate of drug-likeness (QED) is 0.711. The number of halogens is 3. The summed E-state index contributed by atoms with van der Waals surface area (Å²) in [7, 11) is 0. The molecule has 3 rings (SSSR count). The number of hydrogen-bond donors (Lipinski definition) is 2. The number of anilines is 1. The lowest BCUT2D eigenvalue weighted by atomic mass is 10.1. The lowest BCUT2D eigenvalue weighted by Crippen LogP contribution is -2.23. The smallest absolute Gasteiger partial charge is 0.290 e. The zero-order chi connectivity index (χ0) is 16.6. The van der Waals surface area contributed by atoms with E-state index >= 15 is 0 Å². The molecule has 8 heteroatoms. The second-order valence-electron chi connectivity index (χ2n) is 4.76. The van der Waals surface area contributed by atoms with E-state index in [9.17, 15) is 18.0 Å². The maximum Gasteiger partial charge on any atom is 0.416 e. The number of nitrogens with one attached hydrogen (secondary N) is 1. The Morgan fingerprint density at radius 2 is 1.78 bits per heavy atom. The van der Waals surface area contributed by atoms with Crippen molar-refractivity contribution < 1.29 is 18.4 Å². The molecule has 118 valence electrons. The Labute approximate surface area is 127 Å². The third-order valence-electron chi connectivity index (χ3n) is 3.34. The van der Waals surface area contributed by atoms with E-state index in [4.69, 9.17) is 5.21 Å². The molecule has 0 aliphatic heterocycles. The fourth-order valence-electron chi connectivity index (χ4n) is 2.31. The van der Waals surface area contributed by atoms with Crippen LogP contribution in [0.1, 0.15) is 5.56 Å². The van der Waals surface area contributed by atoms with E-state index in [1.807, 2.05) is 0 Å². The van der Waals surface area contributed by atoms with Gasteiger partial charge in [-0.3, -0.25) is 15.3 Å². The molecule has 2 aromatic carbocycles. The molecule has 0 amide bonds. The van der Waals surface area contributed by atoms with Crippen LogP contribution in [0.5, 0.6) is 0 Å². The molecule has 0 atom stereocenters. The summed E-state index contributed by atoms with van der Waals surface area (Å²) in [6.07, 6.45) is -4.55. The highest BCUT2D eigenvalue weighted by Gasteiger charge is 2.31. The molecule has 0 aliphatic carbocycles. The molecule has 3 aromatic rings. The fraction of sp³-hybridized carbons (Fsp3) is 0.0667. The fourth-order valence-corrected chi connectivity index (χ4v) is 2.31. The molecular formula is C15H10F3N3O2. The van der Waals surface area contributed by atoms with E-state index in [0.29, 0.717) is 5.69 Å². The Bertz CT molecular complexity index is 921. The number of benzene rings is 2. The van der Waals surface area contributed by atoms with E-state index in [0.717, 1.165) is 22.8 Å². The third kappa shape index (κ3) is 2.64. The molecule has 23 heavy (non-hydrogen) atoms. The summed E-state index contributed by atoms with van der Waals surface area (Å²) in [5, 5.41) is 9.25. The van der Waals surface area contributed by atoms with Crippen LogP contribution in [-0.2, 0) is 6.18 Å². The van der Waals surface area contributed by atoms with Gasteiger partial charge >= 0.3 is 11.9 Å². The van der Waals surface area contributed by atoms with Gasteiger partial charge in [0, 0.05) is 5.39 Å². The molecule has 0 bridgehead atoms. The summed E-state index contributed by atoms with van der Waals surface area (Å²) in [5.74, 6) is -0.203. The van der Waals surface area contributed by atoms with Gasteiger partial charge in [0.05, 0.1) is 16.8 Å². The first-order chi connectivity index (χ1) is 10.9. The SMILES string of the molecule is O=c1nc(NO)c2ccc(C(F)(F)F)cc2n1-c1ccccc1. The van der Waals surface area contributed by atoms with Crippen LogP contribution in [0, 0.1) is 0 Å². The summed E-state index contributed by atoms with van der Waals surface area (Å²) >= 11 is 0. The summed E-state index contributed by atoms with van der Waals surface area (Å²) in [4.78, 5) is 15.8. The van der Waals surface area contributed by atoms with Crippen LogP contribution in [-0.4, -0.2) is 14.8 Å². The van der Waals surface area contributed by atoms with Gasteiger partial charge in [0.2, 0.25) is 0 Å². The Morgan fingerprint density at radius 1 is 1.09 bits per heavy atom. The van der Waals surface area contributed by atoms with Gasteiger partial charge in [0.1, 0.15) is 0 Å². The second kappa shape index (κ2) is 5.40. The van der Waals surface area contributed by atoms with Crippen molar-refractivity contribution in [1.29, 1.82) is 0 Å². The van der Waals surface area contributed by atoms with Crippen molar-refractivity contribution in [1.82, 2.24) is 9.55 Å². The first-order valence-corrected chi connectivity index (χ1v) is 6.51.